The summed E-state index contributed by atoms with van der Waals surface area (Å²) in [6.07, 6.45) is 1.17. The monoisotopic (exact) mass is 226 g/mol. The van der Waals surface area contributed by atoms with Crippen LogP contribution in [0.25, 0.3) is 0 Å². The van der Waals surface area contributed by atoms with Crippen molar-refractivity contribution >= 4 is 0 Å². The Kier molecular flexibility index (Phi) is 2.50. The summed E-state index contributed by atoms with van der Waals surface area (Å²) in [5.41, 5.74) is 0.177. The van der Waals surface area contributed by atoms with E-state index < -0.39 is 11.9 Å². The van der Waals surface area contributed by atoms with Crippen molar-refractivity contribution in [2.45, 2.75) is 58.0 Å². The van der Waals surface area contributed by atoms with Gasteiger partial charge in [0.2, 0.25) is 0 Å². The molecule has 92 valence electrons. The lowest BCUT2D eigenvalue weighted by molar-refractivity contribution is -0.208. The van der Waals surface area contributed by atoms with E-state index in [-0.39, 0.29) is 11.0 Å². The van der Waals surface area contributed by atoms with E-state index >= 15 is 0 Å². The minimum atomic E-state index is -0.546. The Balaban J connectivity index is 2.32. The van der Waals surface area contributed by atoms with Gasteiger partial charge in [-0.15, -0.1) is 0 Å². The SMILES string of the molecule is C=C1CC[C@@]2(COC(C)(C)O2)C(C)(C)C1O. The van der Waals surface area contributed by atoms with Gasteiger partial charge in [0.25, 0.3) is 0 Å². The second-order valence-electron chi connectivity index (χ2n) is 6.07. The molecule has 0 aromatic carbocycles. The van der Waals surface area contributed by atoms with Crippen LogP contribution in [0.3, 0.4) is 0 Å². The largest absolute Gasteiger partial charge is 0.388 e. The van der Waals surface area contributed by atoms with Gasteiger partial charge < -0.3 is 14.6 Å². The average molecular weight is 226 g/mol. The highest BCUT2D eigenvalue weighted by Gasteiger charge is 2.59. The van der Waals surface area contributed by atoms with Crippen LogP contribution in [0.2, 0.25) is 0 Å². The summed E-state index contributed by atoms with van der Waals surface area (Å²) in [4.78, 5) is 0. The van der Waals surface area contributed by atoms with E-state index in [9.17, 15) is 5.11 Å². The maximum absolute atomic E-state index is 10.3. The van der Waals surface area contributed by atoms with E-state index in [1.807, 2.05) is 27.7 Å². The van der Waals surface area contributed by atoms with E-state index in [0.717, 1.165) is 18.4 Å². The van der Waals surface area contributed by atoms with Crippen molar-refractivity contribution in [2.75, 3.05) is 6.61 Å². The van der Waals surface area contributed by atoms with Gasteiger partial charge in [-0.3, -0.25) is 0 Å². The van der Waals surface area contributed by atoms with Gasteiger partial charge >= 0.3 is 0 Å². The first-order valence-electron chi connectivity index (χ1n) is 5.90. The topological polar surface area (TPSA) is 38.7 Å². The zero-order valence-electron chi connectivity index (χ0n) is 10.7. The van der Waals surface area contributed by atoms with Gasteiger partial charge in [-0.25, -0.2) is 0 Å². The number of ether oxygens (including phenoxy) is 2. The van der Waals surface area contributed by atoms with Crippen molar-refractivity contribution in [2.24, 2.45) is 5.41 Å². The van der Waals surface area contributed by atoms with E-state index in [0.29, 0.717) is 6.61 Å². The highest BCUT2D eigenvalue weighted by Crippen LogP contribution is 2.52. The van der Waals surface area contributed by atoms with Gasteiger partial charge in [-0.2, -0.15) is 0 Å². The molecular weight excluding hydrogens is 204 g/mol. The molecule has 2 rings (SSSR count). The van der Waals surface area contributed by atoms with Crippen molar-refractivity contribution < 1.29 is 14.6 Å². The summed E-state index contributed by atoms with van der Waals surface area (Å²) in [5, 5.41) is 10.3. The Morgan fingerprint density at radius 3 is 2.44 bits per heavy atom. The number of hydrogen-bond acceptors (Lipinski definition) is 3. The molecule has 0 radical (unpaired) electrons. The highest BCUT2D eigenvalue weighted by molar-refractivity contribution is 5.19. The molecule has 1 aliphatic heterocycles. The smallest absolute Gasteiger partial charge is 0.163 e. The molecule has 1 N–H and O–H groups in total. The standard InChI is InChI=1S/C13H22O3/c1-9-6-7-13(11(2,3)10(9)14)8-15-12(4,5)16-13/h10,14H,1,6-8H2,2-5H3/t10?,13-/m1/s1. The molecule has 3 heteroatoms. The highest BCUT2D eigenvalue weighted by atomic mass is 16.8. The third kappa shape index (κ3) is 1.53. The zero-order chi connectivity index (χ0) is 12.2. The van der Waals surface area contributed by atoms with Crippen molar-refractivity contribution in [3.05, 3.63) is 12.2 Å². The van der Waals surface area contributed by atoms with Crippen molar-refractivity contribution in [3.8, 4) is 0 Å². The molecule has 0 bridgehead atoms. The molecule has 3 nitrogen and oxygen atoms in total. The molecule has 1 saturated heterocycles. The van der Waals surface area contributed by atoms with E-state index in [2.05, 4.69) is 6.58 Å². The van der Waals surface area contributed by atoms with Crippen molar-refractivity contribution in [1.82, 2.24) is 0 Å². The van der Waals surface area contributed by atoms with Crippen LogP contribution in [0.15, 0.2) is 12.2 Å². The third-order valence-corrected chi connectivity index (χ3v) is 4.19. The lowest BCUT2D eigenvalue weighted by Gasteiger charge is -2.50. The Bertz CT molecular complexity index is 319. The maximum atomic E-state index is 10.3. The maximum Gasteiger partial charge on any atom is 0.163 e. The Morgan fingerprint density at radius 1 is 1.31 bits per heavy atom. The zero-order valence-corrected chi connectivity index (χ0v) is 10.7. The average Bonchev–Trinajstić information content (AvgIpc) is 2.49. The molecule has 1 aliphatic carbocycles. The van der Waals surface area contributed by atoms with Crippen LogP contribution in [0.5, 0.6) is 0 Å². The summed E-state index contributed by atoms with van der Waals surface area (Å²) in [6.45, 7) is 12.4. The number of aliphatic hydroxyl groups excluding tert-OH is 1. The molecule has 1 saturated carbocycles. The first-order valence-corrected chi connectivity index (χ1v) is 5.90. The first kappa shape index (κ1) is 12.1. The predicted octanol–water partition coefficient (Wildman–Crippen LogP) is 2.25. The van der Waals surface area contributed by atoms with Gasteiger partial charge in [0.1, 0.15) is 5.60 Å². The van der Waals surface area contributed by atoms with Crippen LogP contribution in [0.4, 0.5) is 0 Å². The van der Waals surface area contributed by atoms with Crippen LogP contribution in [0.1, 0.15) is 40.5 Å². The second kappa shape index (κ2) is 3.31. The van der Waals surface area contributed by atoms with E-state index in [1.54, 1.807) is 0 Å². The predicted molar refractivity (Wildman–Crippen MR) is 62.0 cm³/mol. The molecule has 0 aromatic heterocycles. The molecule has 1 unspecified atom stereocenters. The Morgan fingerprint density at radius 2 is 1.94 bits per heavy atom. The van der Waals surface area contributed by atoms with Crippen LogP contribution in [-0.2, 0) is 9.47 Å². The fourth-order valence-electron chi connectivity index (χ4n) is 2.84. The molecule has 1 heterocycles. The van der Waals surface area contributed by atoms with Gasteiger partial charge in [0, 0.05) is 5.41 Å². The van der Waals surface area contributed by atoms with E-state index in [4.69, 9.17) is 9.47 Å². The van der Waals surface area contributed by atoms with Crippen LogP contribution < -0.4 is 0 Å². The molecule has 1 spiro atoms. The minimum absolute atomic E-state index is 0.351. The molecule has 0 aromatic rings. The Hall–Kier alpha value is -0.380. The molecule has 2 fully saturated rings. The van der Waals surface area contributed by atoms with E-state index in [1.165, 1.54) is 0 Å². The summed E-state index contributed by atoms with van der Waals surface area (Å²) in [5.74, 6) is -0.546. The lowest BCUT2D eigenvalue weighted by atomic mass is 9.62. The van der Waals surface area contributed by atoms with Crippen LogP contribution in [0, 0.1) is 5.41 Å². The molecule has 2 atom stereocenters. The molecule has 2 aliphatic rings. The molecule has 16 heavy (non-hydrogen) atoms. The van der Waals surface area contributed by atoms with Gasteiger partial charge in [-0.1, -0.05) is 20.4 Å². The van der Waals surface area contributed by atoms with Crippen molar-refractivity contribution in [3.63, 3.8) is 0 Å². The first-order chi connectivity index (χ1) is 7.20. The minimum Gasteiger partial charge on any atom is -0.388 e. The van der Waals surface area contributed by atoms with Gasteiger partial charge in [-0.05, 0) is 32.3 Å². The molecule has 0 amide bonds. The van der Waals surface area contributed by atoms with Crippen molar-refractivity contribution in [1.29, 1.82) is 0 Å². The summed E-state index contributed by atoms with van der Waals surface area (Å²) in [6, 6.07) is 0. The lowest BCUT2D eigenvalue weighted by Crippen LogP contribution is -2.57. The number of hydrogen-bond donors (Lipinski definition) is 1. The second-order valence-corrected chi connectivity index (χ2v) is 6.07. The number of rotatable bonds is 0. The normalized spacial score (nSPS) is 41.6. The van der Waals surface area contributed by atoms with Gasteiger partial charge in [0.15, 0.2) is 5.79 Å². The molecular formula is C13H22O3. The number of aliphatic hydroxyl groups is 1. The fraction of sp³-hybridized carbons (Fsp3) is 0.846. The van der Waals surface area contributed by atoms with Crippen LogP contribution in [-0.4, -0.2) is 29.2 Å². The third-order valence-electron chi connectivity index (χ3n) is 4.19. The quantitative estimate of drug-likeness (QED) is 0.644. The summed E-state index contributed by atoms with van der Waals surface area (Å²) in [7, 11) is 0. The Labute approximate surface area is 97.4 Å². The fourth-order valence-corrected chi connectivity index (χ4v) is 2.84. The summed E-state index contributed by atoms with van der Waals surface area (Å²) >= 11 is 0. The van der Waals surface area contributed by atoms with Gasteiger partial charge in [0.05, 0.1) is 12.7 Å². The summed E-state index contributed by atoms with van der Waals surface area (Å²) < 4.78 is 11.8. The van der Waals surface area contributed by atoms with Crippen LogP contribution >= 0.6 is 0 Å².